The van der Waals surface area contributed by atoms with Crippen molar-refractivity contribution in [3.63, 3.8) is 0 Å². The first-order chi connectivity index (χ1) is 6.63. The Morgan fingerprint density at radius 3 is 2.79 bits per heavy atom. The molecule has 0 atom stereocenters. The van der Waals surface area contributed by atoms with Gasteiger partial charge in [-0.25, -0.2) is 0 Å². The van der Waals surface area contributed by atoms with E-state index >= 15 is 0 Å². The predicted molar refractivity (Wildman–Crippen MR) is 61.3 cm³/mol. The molecule has 0 saturated heterocycles. The monoisotopic (exact) mass is 294 g/mol. The number of hydrogen-bond donors (Lipinski definition) is 1. The number of nitrogens with zero attached hydrogens (tertiary/aromatic N) is 1. The van der Waals surface area contributed by atoms with E-state index in [9.17, 15) is 0 Å². The van der Waals surface area contributed by atoms with Gasteiger partial charge < -0.3 is 9.73 Å². The number of benzene rings is 1. The second-order valence-electron chi connectivity index (χ2n) is 2.60. The lowest BCUT2D eigenvalue weighted by Gasteiger charge is -1.96. The fourth-order valence-corrected chi connectivity index (χ4v) is 1.96. The van der Waals surface area contributed by atoms with Crippen molar-refractivity contribution in [2.75, 3.05) is 12.4 Å². The van der Waals surface area contributed by atoms with Gasteiger partial charge in [0.1, 0.15) is 5.52 Å². The molecule has 0 aliphatic rings. The molecule has 0 aliphatic carbocycles. The van der Waals surface area contributed by atoms with E-state index in [2.05, 4.69) is 26.2 Å². The molecule has 0 aliphatic heterocycles. The van der Waals surface area contributed by atoms with Gasteiger partial charge in [-0.3, -0.25) is 0 Å². The maximum absolute atomic E-state index is 5.95. The number of fused-ring (bicyclic) bond motifs is 1. The molecular formula is C8H5BrCl2N2O. The summed E-state index contributed by atoms with van der Waals surface area (Å²) in [5.41, 5.74) is 1.14. The van der Waals surface area contributed by atoms with E-state index in [0.717, 1.165) is 0 Å². The summed E-state index contributed by atoms with van der Waals surface area (Å²) in [7, 11) is 1.72. The van der Waals surface area contributed by atoms with Gasteiger partial charge in [0.2, 0.25) is 0 Å². The molecule has 0 unspecified atom stereocenters. The Kier molecular flexibility index (Phi) is 2.60. The molecule has 74 valence electrons. The van der Waals surface area contributed by atoms with E-state index in [1.165, 1.54) is 0 Å². The molecule has 1 heterocycles. The summed E-state index contributed by atoms with van der Waals surface area (Å²) in [6.45, 7) is 0. The van der Waals surface area contributed by atoms with Gasteiger partial charge in [-0.05, 0) is 22.0 Å². The van der Waals surface area contributed by atoms with E-state index in [-0.39, 0.29) is 0 Å². The van der Waals surface area contributed by atoms with Crippen molar-refractivity contribution in [3.8, 4) is 0 Å². The molecule has 0 amide bonds. The first-order valence-corrected chi connectivity index (χ1v) is 5.30. The smallest absolute Gasteiger partial charge is 0.295 e. The molecule has 6 heteroatoms. The maximum Gasteiger partial charge on any atom is 0.295 e. The predicted octanol–water partition coefficient (Wildman–Crippen LogP) is 3.94. The molecule has 0 spiro atoms. The third kappa shape index (κ3) is 1.47. The van der Waals surface area contributed by atoms with Crippen molar-refractivity contribution in [2.24, 2.45) is 0 Å². The number of oxazole rings is 1. The molecule has 2 aromatic rings. The van der Waals surface area contributed by atoms with Gasteiger partial charge in [0.25, 0.3) is 6.01 Å². The highest BCUT2D eigenvalue weighted by molar-refractivity contribution is 9.10. The number of rotatable bonds is 1. The molecule has 2 rings (SSSR count). The zero-order chi connectivity index (χ0) is 10.3. The van der Waals surface area contributed by atoms with Gasteiger partial charge in [-0.15, -0.1) is 0 Å². The average molecular weight is 296 g/mol. The minimum atomic E-state index is 0.407. The van der Waals surface area contributed by atoms with Crippen LogP contribution in [0.25, 0.3) is 11.1 Å². The highest BCUT2D eigenvalue weighted by atomic mass is 79.9. The van der Waals surface area contributed by atoms with Crippen LogP contribution >= 0.6 is 39.1 Å². The fraction of sp³-hybridized carbons (Fsp3) is 0.125. The van der Waals surface area contributed by atoms with Crippen LogP contribution in [0.4, 0.5) is 6.01 Å². The number of hydrogen-bond acceptors (Lipinski definition) is 3. The second kappa shape index (κ2) is 3.61. The van der Waals surface area contributed by atoms with Crippen LogP contribution in [0.15, 0.2) is 15.0 Å². The summed E-state index contributed by atoms with van der Waals surface area (Å²) >= 11 is 15.2. The van der Waals surface area contributed by atoms with Crippen LogP contribution in [0.3, 0.4) is 0 Å². The van der Waals surface area contributed by atoms with Gasteiger partial charge in [0.15, 0.2) is 5.58 Å². The first-order valence-electron chi connectivity index (χ1n) is 3.75. The zero-order valence-electron chi connectivity index (χ0n) is 7.07. The van der Waals surface area contributed by atoms with E-state index in [4.69, 9.17) is 27.6 Å². The first kappa shape index (κ1) is 10.1. The lowest BCUT2D eigenvalue weighted by molar-refractivity contribution is 0.618. The van der Waals surface area contributed by atoms with Crippen LogP contribution in [0.1, 0.15) is 0 Å². The van der Waals surface area contributed by atoms with Gasteiger partial charge >= 0.3 is 0 Å². The lowest BCUT2D eigenvalue weighted by Crippen LogP contribution is -1.85. The van der Waals surface area contributed by atoms with Crippen LogP contribution in [0.5, 0.6) is 0 Å². The average Bonchev–Trinajstić information content (AvgIpc) is 2.58. The molecule has 1 aromatic carbocycles. The Hall–Kier alpha value is -0.450. The van der Waals surface area contributed by atoms with Crippen LogP contribution < -0.4 is 5.32 Å². The molecule has 1 N–H and O–H groups in total. The number of halogens is 3. The van der Waals surface area contributed by atoms with Crippen molar-refractivity contribution in [1.82, 2.24) is 4.98 Å². The molecule has 3 nitrogen and oxygen atoms in total. The minimum Gasteiger partial charge on any atom is -0.422 e. The summed E-state index contributed by atoms with van der Waals surface area (Å²) in [5, 5.41) is 3.76. The standard InChI is InChI=1S/C8H5BrCl2N2O/c1-12-8-13-6-4(11)2-3(10)5(9)7(6)14-8/h2H,1H3,(H,12,13). The number of anilines is 1. The molecule has 1 aromatic heterocycles. The fourth-order valence-electron chi connectivity index (χ4n) is 1.09. The van der Waals surface area contributed by atoms with E-state index in [1.54, 1.807) is 13.1 Å². The van der Waals surface area contributed by atoms with E-state index < -0.39 is 0 Å². The SMILES string of the molecule is CNc1nc2c(Cl)cc(Cl)c(Br)c2o1. The third-order valence-corrected chi connectivity index (χ3v) is 3.33. The van der Waals surface area contributed by atoms with Crippen LogP contribution in [0, 0.1) is 0 Å². The maximum atomic E-state index is 5.95. The van der Waals surface area contributed by atoms with Gasteiger partial charge in [-0.1, -0.05) is 23.2 Å². The summed E-state index contributed by atoms with van der Waals surface area (Å²) in [4.78, 5) is 4.13. The van der Waals surface area contributed by atoms with Crippen LogP contribution in [0.2, 0.25) is 10.0 Å². The number of aromatic nitrogens is 1. The minimum absolute atomic E-state index is 0.407. The van der Waals surface area contributed by atoms with Gasteiger partial charge in [0.05, 0.1) is 14.5 Å². The zero-order valence-corrected chi connectivity index (χ0v) is 10.2. The Bertz CT molecular complexity index is 498. The summed E-state index contributed by atoms with van der Waals surface area (Å²) in [6, 6.07) is 2.03. The summed E-state index contributed by atoms with van der Waals surface area (Å²) in [6.07, 6.45) is 0. The van der Waals surface area contributed by atoms with Crippen molar-refractivity contribution in [3.05, 3.63) is 20.6 Å². The highest BCUT2D eigenvalue weighted by Gasteiger charge is 2.14. The van der Waals surface area contributed by atoms with Gasteiger partial charge in [0, 0.05) is 7.05 Å². The molecule has 0 bridgehead atoms. The van der Waals surface area contributed by atoms with E-state index in [1.807, 2.05) is 0 Å². The Balaban J connectivity index is 2.84. The summed E-state index contributed by atoms with van der Waals surface area (Å²) < 4.78 is 6.03. The second-order valence-corrected chi connectivity index (χ2v) is 4.21. The van der Waals surface area contributed by atoms with Gasteiger partial charge in [-0.2, -0.15) is 4.98 Å². The van der Waals surface area contributed by atoms with Crippen molar-refractivity contribution < 1.29 is 4.42 Å². The molecule has 0 radical (unpaired) electrons. The van der Waals surface area contributed by atoms with Crippen LogP contribution in [-0.4, -0.2) is 12.0 Å². The third-order valence-electron chi connectivity index (χ3n) is 1.73. The molecule has 14 heavy (non-hydrogen) atoms. The Morgan fingerprint density at radius 2 is 2.14 bits per heavy atom. The highest BCUT2D eigenvalue weighted by Crippen LogP contribution is 2.37. The largest absolute Gasteiger partial charge is 0.422 e. The molecular weight excluding hydrogens is 291 g/mol. The number of nitrogens with one attached hydrogen (secondary N) is 1. The van der Waals surface area contributed by atoms with E-state index in [0.29, 0.717) is 31.6 Å². The molecule has 0 saturated carbocycles. The Morgan fingerprint density at radius 1 is 1.43 bits per heavy atom. The molecule has 0 fully saturated rings. The van der Waals surface area contributed by atoms with Crippen molar-refractivity contribution >= 4 is 56.2 Å². The quantitative estimate of drug-likeness (QED) is 0.810. The van der Waals surface area contributed by atoms with Crippen LogP contribution in [-0.2, 0) is 0 Å². The van der Waals surface area contributed by atoms with Crippen molar-refractivity contribution in [1.29, 1.82) is 0 Å². The van der Waals surface area contributed by atoms with Crippen molar-refractivity contribution in [2.45, 2.75) is 0 Å². The summed E-state index contributed by atoms with van der Waals surface area (Å²) in [5.74, 6) is 0. The lowest BCUT2D eigenvalue weighted by atomic mass is 10.3. The normalized spacial score (nSPS) is 10.9. The topological polar surface area (TPSA) is 38.1 Å². The Labute approximate surface area is 98.5 Å².